The highest BCUT2D eigenvalue weighted by Gasteiger charge is 2.12. The molecule has 0 unspecified atom stereocenters. The lowest BCUT2D eigenvalue weighted by atomic mass is 10.1. The van der Waals surface area contributed by atoms with Gasteiger partial charge in [-0.05, 0) is 37.8 Å². The Hall–Kier alpha value is -0.760. The van der Waals surface area contributed by atoms with E-state index in [4.69, 9.17) is 4.74 Å². The Morgan fingerprint density at radius 2 is 2.00 bits per heavy atom. The molecule has 0 atom stereocenters. The van der Waals surface area contributed by atoms with Gasteiger partial charge in [0.1, 0.15) is 0 Å². The maximum absolute atomic E-state index is 6.06. The van der Waals surface area contributed by atoms with Crippen LogP contribution in [0.4, 0.5) is 0 Å². The molecule has 0 aliphatic heterocycles. The molecule has 26 heavy (non-hydrogen) atoms. The van der Waals surface area contributed by atoms with Crippen LogP contribution in [0.1, 0.15) is 57.1 Å². The molecule has 0 spiro atoms. The van der Waals surface area contributed by atoms with Crippen LogP contribution in [0.25, 0.3) is 0 Å². The van der Waals surface area contributed by atoms with E-state index in [1.807, 2.05) is 7.05 Å². The summed E-state index contributed by atoms with van der Waals surface area (Å²) in [5.74, 6) is 0.950. The van der Waals surface area contributed by atoms with Crippen LogP contribution in [0.15, 0.2) is 23.3 Å². The predicted molar refractivity (Wildman–Crippen MR) is 120 cm³/mol. The molecule has 0 amide bonds. The predicted octanol–water partition coefficient (Wildman–Crippen LogP) is 4.17. The summed E-state index contributed by atoms with van der Waals surface area (Å²) in [4.78, 5) is 6.55. The third-order valence-electron chi connectivity index (χ3n) is 5.03. The monoisotopic (exact) mass is 476 g/mol. The number of nitrogens with zero attached hydrogens (tertiary/aromatic N) is 3. The van der Waals surface area contributed by atoms with E-state index in [0.29, 0.717) is 6.10 Å². The van der Waals surface area contributed by atoms with Crippen molar-refractivity contribution >= 4 is 29.9 Å². The number of ether oxygens (including phenoxy) is 1. The maximum Gasteiger partial charge on any atom is 0.193 e. The molecule has 5 nitrogen and oxygen atoms in total. The number of unbranched alkanes of at least 4 members (excludes halogenated alkanes) is 1. The topological polar surface area (TPSA) is 41.8 Å². The normalized spacial score (nSPS) is 16.0. The van der Waals surface area contributed by atoms with E-state index >= 15 is 0 Å². The van der Waals surface area contributed by atoms with Gasteiger partial charge in [0, 0.05) is 46.2 Å². The zero-order valence-corrected chi connectivity index (χ0v) is 19.1. The largest absolute Gasteiger partial charge is 0.378 e. The highest BCUT2D eigenvalue weighted by molar-refractivity contribution is 14.0. The first-order chi connectivity index (χ1) is 12.2. The van der Waals surface area contributed by atoms with Gasteiger partial charge in [-0.2, -0.15) is 0 Å². The highest BCUT2D eigenvalue weighted by Crippen LogP contribution is 2.19. The van der Waals surface area contributed by atoms with Crippen molar-refractivity contribution in [3.05, 3.63) is 24.0 Å². The fourth-order valence-electron chi connectivity index (χ4n) is 3.45. The summed E-state index contributed by atoms with van der Waals surface area (Å²) in [5.41, 5.74) is 1.28. The molecular weight excluding hydrogens is 439 g/mol. The lowest BCUT2D eigenvalue weighted by Crippen LogP contribution is -2.39. The first-order valence-electron chi connectivity index (χ1n) is 9.84. The van der Waals surface area contributed by atoms with Gasteiger partial charge in [0.05, 0.1) is 12.6 Å². The summed E-state index contributed by atoms with van der Waals surface area (Å²) in [6.45, 7) is 2.69. The van der Waals surface area contributed by atoms with Crippen molar-refractivity contribution in [2.24, 2.45) is 12.0 Å². The molecule has 0 saturated heterocycles. The Kier molecular flexibility index (Phi) is 12.0. The first kappa shape index (κ1) is 23.3. The molecule has 2 rings (SSSR count). The average molecular weight is 476 g/mol. The van der Waals surface area contributed by atoms with E-state index < -0.39 is 0 Å². The van der Waals surface area contributed by atoms with Crippen molar-refractivity contribution in [2.45, 2.75) is 64.0 Å². The van der Waals surface area contributed by atoms with Crippen LogP contribution in [0, 0.1) is 0 Å². The van der Waals surface area contributed by atoms with Gasteiger partial charge < -0.3 is 19.5 Å². The molecule has 1 saturated carbocycles. The first-order valence-corrected chi connectivity index (χ1v) is 9.84. The van der Waals surface area contributed by atoms with Gasteiger partial charge in [-0.1, -0.05) is 25.7 Å². The van der Waals surface area contributed by atoms with E-state index in [0.717, 1.165) is 38.5 Å². The van der Waals surface area contributed by atoms with E-state index in [1.165, 1.54) is 44.2 Å². The van der Waals surface area contributed by atoms with Crippen molar-refractivity contribution in [2.75, 3.05) is 27.2 Å². The summed E-state index contributed by atoms with van der Waals surface area (Å²) < 4.78 is 8.20. The Morgan fingerprint density at radius 3 is 2.62 bits per heavy atom. The molecule has 0 radical (unpaired) electrons. The molecule has 1 aliphatic carbocycles. The molecule has 0 aromatic carbocycles. The number of aryl methyl sites for hydroxylation is 1. The van der Waals surface area contributed by atoms with Crippen molar-refractivity contribution in [3.8, 4) is 0 Å². The van der Waals surface area contributed by atoms with Crippen molar-refractivity contribution in [1.82, 2.24) is 14.8 Å². The molecule has 6 heteroatoms. The fourth-order valence-corrected chi connectivity index (χ4v) is 3.45. The Morgan fingerprint density at radius 1 is 1.27 bits per heavy atom. The summed E-state index contributed by atoms with van der Waals surface area (Å²) in [6.07, 6.45) is 12.8. The smallest absolute Gasteiger partial charge is 0.193 e. The number of rotatable bonds is 8. The molecule has 1 fully saturated rings. The van der Waals surface area contributed by atoms with Gasteiger partial charge in [0.15, 0.2) is 5.96 Å². The number of hydrogen-bond acceptors (Lipinski definition) is 2. The van der Waals surface area contributed by atoms with Crippen molar-refractivity contribution in [3.63, 3.8) is 0 Å². The molecule has 1 aliphatic rings. The van der Waals surface area contributed by atoms with E-state index in [-0.39, 0.29) is 24.0 Å². The number of hydrogen-bond donors (Lipinski definition) is 1. The third kappa shape index (κ3) is 8.29. The van der Waals surface area contributed by atoms with Gasteiger partial charge in [-0.25, -0.2) is 0 Å². The molecule has 1 N–H and O–H groups in total. The minimum Gasteiger partial charge on any atom is -0.378 e. The second kappa shape index (κ2) is 13.4. The second-order valence-electron chi connectivity index (χ2n) is 7.13. The average Bonchev–Trinajstić information content (AvgIpc) is 2.86. The van der Waals surface area contributed by atoms with Crippen LogP contribution >= 0.6 is 24.0 Å². The third-order valence-corrected chi connectivity index (χ3v) is 5.03. The lowest BCUT2D eigenvalue weighted by Gasteiger charge is -2.22. The van der Waals surface area contributed by atoms with Gasteiger partial charge >= 0.3 is 0 Å². The van der Waals surface area contributed by atoms with E-state index in [1.54, 1.807) is 0 Å². The van der Waals surface area contributed by atoms with Crippen LogP contribution in [0.3, 0.4) is 0 Å². The minimum absolute atomic E-state index is 0. The molecule has 1 aromatic rings. The summed E-state index contributed by atoms with van der Waals surface area (Å²) in [5, 5.41) is 3.46. The van der Waals surface area contributed by atoms with E-state index in [9.17, 15) is 0 Å². The number of nitrogens with one attached hydrogen (secondary N) is 1. The standard InChI is InChI=1S/C20H36N4O.HI/c1-21-20(24(3)17-18-11-10-15-23(18)2)22-14-8-9-16-25-19-12-6-4-5-7-13-19;/h10-11,15,19H,4-9,12-14,16-17H2,1-3H3,(H,21,22);1H. The van der Waals surface area contributed by atoms with Gasteiger partial charge in [0.2, 0.25) is 0 Å². The zero-order valence-electron chi connectivity index (χ0n) is 16.7. The van der Waals surface area contributed by atoms with Crippen LogP contribution < -0.4 is 5.32 Å². The fraction of sp³-hybridized carbons (Fsp3) is 0.750. The SMILES string of the molecule is CN=C(NCCCCOC1CCCCCC1)N(C)Cc1cccn1C.I. The molecule has 1 heterocycles. The Bertz CT molecular complexity index is 510. The molecule has 150 valence electrons. The van der Waals surface area contributed by atoms with E-state index in [2.05, 4.69) is 52.2 Å². The number of aliphatic imine (C=N–C) groups is 1. The van der Waals surface area contributed by atoms with Crippen LogP contribution in [-0.4, -0.2) is 48.8 Å². The molecular formula is C20H37IN4O. The number of guanidine groups is 1. The minimum atomic E-state index is 0. The van der Waals surface area contributed by atoms with Gasteiger partial charge in [-0.3, -0.25) is 4.99 Å². The second-order valence-corrected chi connectivity index (χ2v) is 7.13. The summed E-state index contributed by atoms with van der Waals surface area (Å²) in [6, 6.07) is 4.22. The Balaban J connectivity index is 0.00000338. The van der Waals surface area contributed by atoms with Gasteiger partial charge in [0.25, 0.3) is 0 Å². The van der Waals surface area contributed by atoms with Gasteiger partial charge in [-0.15, -0.1) is 24.0 Å². The van der Waals surface area contributed by atoms with Crippen LogP contribution in [-0.2, 0) is 18.3 Å². The number of aromatic nitrogens is 1. The van der Waals surface area contributed by atoms with Crippen molar-refractivity contribution in [1.29, 1.82) is 0 Å². The summed E-state index contributed by atoms with van der Waals surface area (Å²) in [7, 11) is 6.00. The zero-order chi connectivity index (χ0) is 17.9. The lowest BCUT2D eigenvalue weighted by molar-refractivity contribution is 0.0411. The highest BCUT2D eigenvalue weighted by atomic mass is 127. The number of halogens is 1. The molecule has 1 aromatic heterocycles. The van der Waals surface area contributed by atoms with Crippen LogP contribution in [0.5, 0.6) is 0 Å². The quantitative estimate of drug-likeness (QED) is 0.201. The Labute approximate surface area is 176 Å². The molecule has 0 bridgehead atoms. The van der Waals surface area contributed by atoms with Crippen LogP contribution in [0.2, 0.25) is 0 Å². The summed E-state index contributed by atoms with van der Waals surface area (Å²) >= 11 is 0. The maximum atomic E-state index is 6.06. The van der Waals surface area contributed by atoms with Crippen molar-refractivity contribution < 1.29 is 4.74 Å².